The van der Waals surface area contributed by atoms with Crippen LogP contribution < -0.4 is 0 Å². The molecule has 45 heavy (non-hydrogen) atoms. The van der Waals surface area contributed by atoms with Gasteiger partial charge in [-0.05, 0) is 53.1 Å². The largest absolute Gasteiger partial charge is 0.455 e. The van der Waals surface area contributed by atoms with Crippen molar-refractivity contribution in [3.63, 3.8) is 0 Å². The average molecular weight is 592 g/mol. The van der Waals surface area contributed by atoms with Crippen LogP contribution in [0.4, 0.5) is 0 Å². The van der Waals surface area contributed by atoms with Gasteiger partial charge in [0.1, 0.15) is 11.2 Å². The number of aromatic nitrogens is 1. The lowest BCUT2D eigenvalue weighted by Gasteiger charge is -2.10. The molecule has 0 fully saturated rings. The molecule has 210 valence electrons. The maximum atomic E-state index is 6.41. The topological polar surface area (TPSA) is 18.1 Å². The molecule has 0 aliphatic rings. The van der Waals surface area contributed by atoms with Crippen LogP contribution >= 0.6 is 11.3 Å². The highest BCUT2D eigenvalue weighted by Crippen LogP contribution is 2.43. The van der Waals surface area contributed by atoms with Crippen molar-refractivity contribution in [2.75, 3.05) is 0 Å². The third-order valence-corrected chi connectivity index (χ3v) is 10.4. The highest BCUT2D eigenvalue weighted by molar-refractivity contribution is 7.26. The SMILES string of the molecule is c1ccc(-c2ccc3c4ccccc4n(-c4cccc5c4sc4ccc(-c6cccc7c6oc6ccccc67)cc45)c3c2)cc1. The van der Waals surface area contributed by atoms with E-state index in [-0.39, 0.29) is 0 Å². The van der Waals surface area contributed by atoms with Gasteiger partial charge in [-0.3, -0.25) is 0 Å². The summed E-state index contributed by atoms with van der Waals surface area (Å²) < 4.78 is 11.4. The Labute approximate surface area is 263 Å². The molecule has 0 aliphatic heterocycles. The van der Waals surface area contributed by atoms with E-state index in [1.165, 1.54) is 64.4 Å². The number of benzene rings is 7. The van der Waals surface area contributed by atoms with E-state index < -0.39 is 0 Å². The molecule has 0 saturated heterocycles. The standard InChI is InChI=1S/C42H25NOS/c1-2-10-26(11-3-1)27-20-22-31-30-12-4-6-17-36(30)43(38(31)25-27)37-18-9-16-34-35-24-28(21-23-40(35)45-42(34)37)29-14-8-15-33-32-13-5-7-19-39(32)44-41(29)33/h1-25H. The van der Waals surface area contributed by atoms with E-state index >= 15 is 0 Å². The Balaban J connectivity index is 1.22. The van der Waals surface area contributed by atoms with E-state index in [1.54, 1.807) is 0 Å². The Morgan fingerprint density at radius 3 is 2.11 bits per heavy atom. The molecule has 0 bridgehead atoms. The first-order valence-electron chi connectivity index (χ1n) is 15.3. The van der Waals surface area contributed by atoms with Gasteiger partial charge in [-0.25, -0.2) is 0 Å². The first kappa shape index (κ1) is 24.8. The van der Waals surface area contributed by atoms with Crippen molar-refractivity contribution in [3.8, 4) is 27.9 Å². The summed E-state index contributed by atoms with van der Waals surface area (Å²) in [7, 11) is 0. The van der Waals surface area contributed by atoms with E-state index in [0.29, 0.717) is 0 Å². The minimum absolute atomic E-state index is 0.924. The van der Waals surface area contributed by atoms with E-state index in [9.17, 15) is 0 Å². The highest BCUT2D eigenvalue weighted by atomic mass is 32.1. The molecule has 2 nitrogen and oxygen atoms in total. The maximum Gasteiger partial charge on any atom is 0.143 e. The molecule has 0 spiro atoms. The molecule has 3 heteroatoms. The van der Waals surface area contributed by atoms with Crippen LogP contribution in [-0.4, -0.2) is 4.57 Å². The number of hydrogen-bond acceptors (Lipinski definition) is 2. The number of rotatable bonds is 3. The van der Waals surface area contributed by atoms with Crippen molar-refractivity contribution in [2.45, 2.75) is 0 Å². The lowest BCUT2D eigenvalue weighted by molar-refractivity contribution is 0.670. The Hall–Kier alpha value is -5.64. The number of para-hydroxylation sites is 3. The fourth-order valence-electron chi connectivity index (χ4n) is 7.14. The van der Waals surface area contributed by atoms with Gasteiger partial charge in [0.2, 0.25) is 0 Å². The van der Waals surface area contributed by atoms with E-state index in [4.69, 9.17) is 4.42 Å². The smallest absolute Gasteiger partial charge is 0.143 e. The molecule has 3 heterocycles. The summed E-state index contributed by atoms with van der Waals surface area (Å²) in [6, 6.07) is 54.7. The van der Waals surface area contributed by atoms with Gasteiger partial charge in [0.15, 0.2) is 0 Å². The minimum Gasteiger partial charge on any atom is -0.455 e. The molecule has 3 aromatic heterocycles. The van der Waals surface area contributed by atoms with E-state index in [2.05, 4.69) is 144 Å². The Morgan fingerprint density at radius 2 is 1.18 bits per heavy atom. The van der Waals surface area contributed by atoms with Gasteiger partial charge in [-0.15, -0.1) is 11.3 Å². The second kappa shape index (κ2) is 9.43. The molecule has 0 atom stereocenters. The van der Waals surface area contributed by atoms with Gasteiger partial charge in [-0.1, -0.05) is 115 Å². The molecule has 0 aliphatic carbocycles. The van der Waals surface area contributed by atoms with Crippen molar-refractivity contribution < 1.29 is 4.42 Å². The number of furan rings is 1. The zero-order valence-electron chi connectivity index (χ0n) is 24.2. The molecule has 10 rings (SSSR count). The summed E-state index contributed by atoms with van der Waals surface area (Å²) in [5.41, 5.74) is 10.3. The van der Waals surface area contributed by atoms with Gasteiger partial charge in [0.25, 0.3) is 0 Å². The van der Waals surface area contributed by atoms with Gasteiger partial charge in [0, 0.05) is 42.6 Å². The van der Waals surface area contributed by atoms with Crippen LogP contribution in [0.3, 0.4) is 0 Å². The fraction of sp³-hybridized carbons (Fsp3) is 0. The fourth-order valence-corrected chi connectivity index (χ4v) is 8.33. The van der Waals surface area contributed by atoms with Crippen molar-refractivity contribution in [1.82, 2.24) is 4.57 Å². The van der Waals surface area contributed by atoms with Crippen LogP contribution in [0, 0.1) is 0 Å². The lowest BCUT2D eigenvalue weighted by atomic mass is 10.0. The molecular formula is C42H25NOS. The number of nitrogens with zero attached hydrogens (tertiary/aromatic N) is 1. The van der Waals surface area contributed by atoms with Crippen LogP contribution in [0.5, 0.6) is 0 Å². The van der Waals surface area contributed by atoms with Gasteiger partial charge >= 0.3 is 0 Å². The average Bonchev–Trinajstić information content (AvgIpc) is 3.77. The predicted octanol–water partition coefficient (Wildman–Crippen LogP) is 12.4. The summed E-state index contributed by atoms with van der Waals surface area (Å²) in [6.07, 6.45) is 0. The number of thiophene rings is 1. The van der Waals surface area contributed by atoms with E-state index in [1.807, 2.05) is 23.5 Å². The second-order valence-corrected chi connectivity index (χ2v) is 12.8. The van der Waals surface area contributed by atoms with Crippen molar-refractivity contribution in [2.24, 2.45) is 0 Å². The molecule has 0 N–H and O–H groups in total. The minimum atomic E-state index is 0.924. The molecule has 0 amide bonds. The summed E-state index contributed by atoms with van der Waals surface area (Å²) in [6.45, 7) is 0. The van der Waals surface area contributed by atoms with Gasteiger partial charge in [0.05, 0.1) is 21.4 Å². The molecular weight excluding hydrogens is 567 g/mol. The summed E-state index contributed by atoms with van der Waals surface area (Å²) in [5, 5.41) is 7.39. The first-order valence-corrected chi connectivity index (χ1v) is 16.1. The Bertz CT molecular complexity index is 2760. The van der Waals surface area contributed by atoms with Crippen molar-refractivity contribution in [3.05, 3.63) is 152 Å². The van der Waals surface area contributed by atoms with Crippen LogP contribution in [0.2, 0.25) is 0 Å². The third kappa shape index (κ3) is 3.62. The van der Waals surface area contributed by atoms with E-state index in [0.717, 1.165) is 27.5 Å². The van der Waals surface area contributed by atoms with Crippen molar-refractivity contribution in [1.29, 1.82) is 0 Å². The first-order chi connectivity index (χ1) is 22.3. The second-order valence-electron chi connectivity index (χ2n) is 11.7. The zero-order chi connectivity index (χ0) is 29.5. The van der Waals surface area contributed by atoms with Crippen LogP contribution in [-0.2, 0) is 0 Å². The molecule has 0 saturated carbocycles. The number of hydrogen-bond donors (Lipinski definition) is 0. The molecule has 7 aromatic carbocycles. The Morgan fingerprint density at radius 1 is 0.444 bits per heavy atom. The number of fused-ring (bicyclic) bond motifs is 9. The lowest BCUT2D eigenvalue weighted by Crippen LogP contribution is -1.94. The van der Waals surface area contributed by atoms with Gasteiger partial charge in [-0.2, -0.15) is 0 Å². The van der Waals surface area contributed by atoms with Crippen molar-refractivity contribution >= 4 is 75.3 Å². The summed E-state index contributed by atoms with van der Waals surface area (Å²) >= 11 is 1.87. The third-order valence-electron chi connectivity index (χ3n) is 9.21. The van der Waals surface area contributed by atoms with Crippen LogP contribution in [0.1, 0.15) is 0 Å². The van der Waals surface area contributed by atoms with Crippen LogP contribution in [0.25, 0.3) is 91.9 Å². The predicted molar refractivity (Wildman–Crippen MR) is 192 cm³/mol. The normalized spacial score (nSPS) is 12.0. The summed E-state index contributed by atoms with van der Waals surface area (Å²) in [4.78, 5) is 0. The maximum absolute atomic E-state index is 6.41. The molecule has 0 radical (unpaired) electrons. The van der Waals surface area contributed by atoms with Gasteiger partial charge < -0.3 is 8.98 Å². The van der Waals surface area contributed by atoms with Crippen LogP contribution in [0.15, 0.2) is 156 Å². The summed E-state index contributed by atoms with van der Waals surface area (Å²) in [5.74, 6) is 0. The highest BCUT2D eigenvalue weighted by Gasteiger charge is 2.18. The zero-order valence-corrected chi connectivity index (χ0v) is 25.0. The molecule has 10 aromatic rings. The quantitative estimate of drug-likeness (QED) is 0.200. The Kier molecular flexibility index (Phi) is 5.19. The monoisotopic (exact) mass is 591 g/mol. The molecule has 0 unspecified atom stereocenters.